The Labute approximate surface area is 385 Å². The number of hydrogen-bond donors (Lipinski definition) is 0. The van der Waals surface area contributed by atoms with Gasteiger partial charge >= 0.3 is 0 Å². The van der Waals surface area contributed by atoms with Gasteiger partial charge in [0.05, 0.1) is 16.8 Å². The highest BCUT2D eigenvalue weighted by atomic mass is 32.1. The SMILES string of the molecule is c1ccc(N(c2ccc(N(c3cccc4c3C3(c5ccccc5Oc5ccccc53)c3ccccc3-4)c3cccc4sc5ccccc5c34)cc2)c2ccc3oc4ccccc4c3c2)cc1. The van der Waals surface area contributed by atoms with Crippen LogP contribution in [0, 0.1) is 0 Å². The highest BCUT2D eigenvalue weighted by Crippen LogP contribution is 2.65. The molecule has 2 aliphatic rings. The Bertz CT molecular complexity index is 3840. The zero-order chi connectivity index (χ0) is 43.3. The molecule has 0 N–H and O–H groups in total. The summed E-state index contributed by atoms with van der Waals surface area (Å²) < 4.78 is 15.6. The van der Waals surface area contributed by atoms with Gasteiger partial charge < -0.3 is 19.0 Å². The van der Waals surface area contributed by atoms with Crippen molar-refractivity contribution in [3.63, 3.8) is 0 Å². The number of fused-ring (bicyclic) bond motifs is 15. The summed E-state index contributed by atoms with van der Waals surface area (Å²) in [6, 6.07) is 83.3. The molecule has 3 heterocycles. The van der Waals surface area contributed by atoms with Crippen LogP contribution in [0.3, 0.4) is 0 Å². The van der Waals surface area contributed by atoms with Gasteiger partial charge in [-0.05, 0) is 114 Å². The van der Waals surface area contributed by atoms with E-state index in [-0.39, 0.29) is 0 Å². The van der Waals surface area contributed by atoms with Crippen LogP contribution in [0.25, 0.3) is 53.2 Å². The van der Waals surface area contributed by atoms with E-state index in [9.17, 15) is 0 Å². The standard InChI is InChI=1S/C61H38N2O2S/c1-2-16-39(17-3-1)62(42-36-37-54-47(38-42)44-19-5-10-27-53(44)64-54)40-32-34-41(35-33-40)63(51-25-15-31-58-59(51)46-20-6-13-30-57(46)66-58)52-26-14-21-45-43-18-4-7-22-48(43)61(60(45)52)49-23-8-11-28-55(49)65-56-29-12-9-24-50(56)61/h1-38H. The quantitative estimate of drug-likeness (QED) is 0.167. The van der Waals surface area contributed by atoms with Crippen molar-refractivity contribution in [2.75, 3.05) is 9.80 Å². The van der Waals surface area contributed by atoms with Gasteiger partial charge in [-0.25, -0.2) is 0 Å². The topological polar surface area (TPSA) is 28.9 Å². The van der Waals surface area contributed by atoms with E-state index in [2.05, 4.69) is 228 Å². The zero-order valence-electron chi connectivity index (χ0n) is 35.6. The predicted octanol–water partition coefficient (Wildman–Crippen LogP) is 17.4. The summed E-state index contributed by atoms with van der Waals surface area (Å²) in [5.41, 5.74) is 14.8. The first-order valence-corrected chi connectivity index (χ1v) is 23.2. The Kier molecular flexibility index (Phi) is 8.03. The Balaban J connectivity index is 1.03. The molecule has 5 heteroatoms. The Hall–Kier alpha value is -8.38. The van der Waals surface area contributed by atoms with Gasteiger partial charge in [0.1, 0.15) is 22.7 Å². The van der Waals surface area contributed by atoms with Crippen molar-refractivity contribution >= 4 is 87.6 Å². The molecule has 0 atom stereocenters. The van der Waals surface area contributed by atoms with Gasteiger partial charge in [0, 0.05) is 70.4 Å². The van der Waals surface area contributed by atoms with E-state index in [1.165, 1.54) is 42.4 Å². The molecule has 0 bridgehead atoms. The monoisotopic (exact) mass is 862 g/mol. The molecule has 1 aliphatic heterocycles. The molecule has 0 saturated heterocycles. The van der Waals surface area contributed by atoms with Gasteiger partial charge in [-0.1, -0.05) is 133 Å². The van der Waals surface area contributed by atoms with Crippen LogP contribution < -0.4 is 14.5 Å². The van der Waals surface area contributed by atoms with E-state index in [1.54, 1.807) is 0 Å². The first-order valence-electron chi connectivity index (χ1n) is 22.4. The molecule has 1 aliphatic carbocycles. The van der Waals surface area contributed by atoms with Crippen molar-refractivity contribution in [1.29, 1.82) is 0 Å². The molecule has 10 aromatic carbocycles. The molecular formula is C61H38N2O2S. The third kappa shape index (κ3) is 5.26. The molecule has 0 fully saturated rings. The van der Waals surface area contributed by atoms with E-state index in [0.717, 1.165) is 78.7 Å². The number of para-hydroxylation sites is 4. The summed E-state index contributed by atoms with van der Waals surface area (Å²) in [4.78, 5) is 4.86. The number of furan rings is 1. The maximum Gasteiger partial charge on any atom is 0.135 e. The number of hydrogen-bond acceptors (Lipinski definition) is 5. The Morgan fingerprint density at radius 1 is 0.364 bits per heavy atom. The van der Waals surface area contributed by atoms with E-state index in [0.29, 0.717) is 0 Å². The van der Waals surface area contributed by atoms with Crippen molar-refractivity contribution in [1.82, 2.24) is 0 Å². The highest BCUT2D eigenvalue weighted by molar-refractivity contribution is 7.26. The van der Waals surface area contributed by atoms with Gasteiger partial charge in [0.25, 0.3) is 0 Å². The third-order valence-electron chi connectivity index (χ3n) is 13.7. The average Bonchev–Trinajstić information content (AvgIpc) is 4.04. The lowest BCUT2D eigenvalue weighted by atomic mass is 9.65. The first-order chi connectivity index (χ1) is 32.7. The lowest BCUT2D eigenvalue weighted by Crippen LogP contribution is -2.33. The molecular weight excluding hydrogens is 825 g/mol. The molecule has 14 rings (SSSR count). The summed E-state index contributed by atoms with van der Waals surface area (Å²) >= 11 is 1.85. The Morgan fingerprint density at radius 2 is 0.924 bits per heavy atom. The van der Waals surface area contributed by atoms with Crippen LogP contribution in [0.4, 0.5) is 34.1 Å². The van der Waals surface area contributed by atoms with Crippen molar-refractivity contribution in [2.24, 2.45) is 0 Å². The van der Waals surface area contributed by atoms with E-state index < -0.39 is 5.41 Å². The fourth-order valence-electron chi connectivity index (χ4n) is 11.1. The molecule has 0 unspecified atom stereocenters. The number of rotatable bonds is 6. The second-order valence-corrected chi connectivity index (χ2v) is 18.2. The van der Waals surface area contributed by atoms with Gasteiger partial charge in [-0.15, -0.1) is 11.3 Å². The first kappa shape index (κ1) is 37.0. The molecule has 66 heavy (non-hydrogen) atoms. The van der Waals surface area contributed by atoms with Crippen LogP contribution in [-0.4, -0.2) is 0 Å². The van der Waals surface area contributed by atoms with Crippen molar-refractivity contribution in [2.45, 2.75) is 5.41 Å². The zero-order valence-corrected chi connectivity index (χ0v) is 36.4. The van der Waals surface area contributed by atoms with Crippen LogP contribution in [0.1, 0.15) is 22.3 Å². The fourth-order valence-corrected chi connectivity index (χ4v) is 12.2. The molecule has 0 saturated carbocycles. The molecule has 2 aromatic heterocycles. The smallest absolute Gasteiger partial charge is 0.135 e. The fraction of sp³-hybridized carbons (Fsp3) is 0.0164. The Morgan fingerprint density at radius 3 is 1.73 bits per heavy atom. The summed E-state index contributed by atoms with van der Waals surface area (Å²) in [7, 11) is 0. The lowest BCUT2D eigenvalue weighted by molar-refractivity contribution is 0.436. The maximum atomic E-state index is 6.79. The van der Waals surface area contributed by atoms with Crippen molar-refractivity contribution in [3.8, 4) is 22.6 Å². The van der Waals surface area contributed by atoms with Crippen LogP contribution in [-0.2, 0) is 5.41 Å². The minimum Gasteiger partial charge on any atom is -0.457 e. The number of benzene rings is 10. The number of thiophene rings is 1. The number of ether oxygens (including phenoxy) is 1. The van der Waals surface area contributed by atoms with E-state index >= 15 is 0 Å². The molecule has 310 valence electrons. The van der Waals surface area contributed by atoms with Gasteiger partial charge in [-0.2, -0.15) is 0 Å². The molecule has 12 aromatic rings. The summed E-state index contributed by atoms with van der Waals surface area (Å²) in [6.07, 6.45) is 0. The van der Waals surface area contributed by atoms with Crippen molar-refractivity contribution < 1.29 is 9.15 Å². The van der Waals surface area contributed by atoms with Gasteiger partial charge in [-0.3, -0.25) is 0 Å². The van der Waals surface area contributed by atoms with Gasteiger partial charge in [0.15, 0.2) is 0 Å². The second-order valence-electron chi connectivity index (χ2n) is 17.1. The summed E-state index contributed by atoms with van der Waals surface area (Å²) in [5.74, 6) is 1.75. The third-order valence-corrected chi connectivity index (χ3v) is 14.8. The molecule has 0 amide bonds. The predicted molar refractivity (Wildman–Crippen MR) is 273 cm³/mol. The minimum absolute atomic E-state index is 0.670. The summed E-state index contributed by atoms with van der Waals surface area (Å²) in [6.45, 7) is 0. The van der Waals surface area contributed by atoms with Crippen molar-refractivity contribution in [3.05, 3.63) is 253 Å². The van der Waals surface area contributed by atoms with E-state index in [4.69, 9.17) is 9.15 Å². The van der Waals surface area contributed by atoms with Crippen LogP contribution in [0.2, 0.25) is 0 Å². The summed E-state index contributed by atoms with van der Waals surface area (Å²) in [5, 5.41) is 4.68. The highest BCUT2D eigenvalue weighted by Gasteiger charge is 2.53. The largest absolute Gasteiger partial charge is 0.457 e. The number of nitrogens with zero attached hydrogens (tertiary/aromatic N) is 2. The van der Waals surface area contributed by atoms with E-state index in [1.807, 2.05) is 23.5 Å². The maximum absolute atomic E-state index is 6.79. The molecule has 1 spiro atoms. The van der Waals surface area contributed by atoms with Crippen LogP contribution >= 0.6 is 11.3 Å². The van der Waals surface area contributed by atoms with Crippen LogP contribution in [0.5, 0.6) is 11.5 Å². The lowest BCUT2D eigenvalue weighted by Gasteiger charge is -2.41. The second kappa shape index (κ2) is 14.3. The van der Waals surface area contributed by atoms with Gasteiger partial charge in [0.2, 0.25) is 0 Å². The molecule has 4 nitrogen and oxygen atoms in total. The normalized spacial score (nSPS) is 13.1. The molecule has 0 radical (unpaired) electrons. The minimum atomic E-state index is -0.670. The van der Waals surface area contributed by atoms with Crippen LogP contribution in [0.15, 0.2) is 235 Å². The number of anilines is 6. The average molecular weight is 863 g/mol.